The Labute approximate surface area is 139 Å². The first-order valence-electron chi connectivity index (χ1n) is 7.68. The fraction of sp³-hybridized carbons (Fsp3) is 0.412. The summed E-state index contributed by atoms with van der Waals surface area (Å²) in [5.41, 5.74) is 0.767. The maximum absolute atomic E-state index is 12.4. The molecular formula is C17H20N2O3S. The second-order valence-electron chi connectivity index (χ2n) is 5.77. The average Bonchev–Trinajstić information content (AvgIpc) is 2.95. The lowest BCUT2D eigenvalue weighted by Crippen LogP contribution is -2.44. The molecule has 0 aromatic heterocycles. The van der Waals surface area contributed by atoms with Gasteiger partial charge in [0.1, 0.15) is 11.2 Å². The van der Waals surface area contributed by atoms with E-state index in [-0.39, 0.29) is 29.1 Å². The van der Waals surface area contributed by atoms with Crippen LogP contribution < -0.4 is 15.4 Å². The smallest absolute Gasteiger partial charge is 0.229 e. The summed E-state index contributed by atoms with van der Waals surface area (Å²) in [6.07, 6.45) is 3.08. The van der Waals surface area contributed by atoms with Crippen LogP contribution in [0.25, 0.3) is 0 Å². The van der Waals surface area contributed by atoms with E-state index in [2.05, 4.69) is 10.6 Å². The number of nitrogens with one attached hydrogen (secondary N) is 2. The molecule has 3 unspecified atom stereocenters. The van der Waals surface area contributed by atoms with Gasteiger partial charge in [-0.05, 0) is 37.1 Å². The Bertz CT molecular complexity index is 642. The Morgan fingerprint density at radius 2 is 2.13 bits per heavy atom. The molecule has 0 bridgehead atoms. The van der Waals surface area contributed by atoms with Gasteiger partial charge in [0.05, 0.1) is 13.0 Å². The topological polar surface area (TPSA) is 67.4 Å². The SMILES string of the molecule is COc1ccc(C(C)C(=O)NC2NC3CCC(=O)C=C3S2)cc1. The van der Waals surface area contributed by atoms with E-state index >= 15 is 0 Å². The second-order valence-corrected chi connectivity index (χ2v) is 6.95. The molecule has 3 rings (SSSR count). The molecule has 122 valence electrons. The molecule has 1 aliphatic heterocycles. The summed E-state index contributed by atoms with van der Waals surface area (Å²) >= 11 is 1.52. The number of thioether (sulfide) groups is 1. The van der Waals surface area contributed by atoms with E-state index in [1.54, 1.807) is 13.2 Å². The fourth-order valence-electron chi connectivity index (χ4n) is 2.76. The molecular weight excluding hydrogens is 312 g/mol. The zero-order valence-electron chi connectivity index (χ0n) is 13.2. The molecule has 3 atom stereocenters. The third-order valence-corrected chi connectivity index (χ3v) is 5.38. The van der Waals surface area contributed by atoms with Crippen molar-refractivity contribution in [2.24, 2.45) is 0 Å². The Kier molecular flexibility index (Phi) is 4.73. The predicted molar refractivity (Wildman–Crippen MR) is 90.2 cm³/mol. The van der Waals surface area contributed by atoms with Crippen LogP contribution in [-0.2, 0) is 9.59 Å². The maximum Gasteiger partial charge on any atom is 0.229 e. The molecule has 0 saturated carbocycles. The van der Waals surface area contributed by atoms with Crippen molar-refractivity contribution in [1.29, 1.82) is 0 Å². The first-order chi connectivity index (χ1) is 11.1. The van der Waals surface area contributed by atoms with E-state index in [1.165, 1.54) is 11.8 Å². The summed E-state index contributed by atoms with van der Waals surface area (Å²) in [5.74, 6) is 0.659. The van der Waals surface area contributed by atoms with Crippen molar-refractivity contribution in [2.45, 2.75) is 37.2 Å². The molecule has 1 saturated heterocycles. The quantitative estimate of drug-likeness (QED) is 0.884. The van der Waals surface area contributed by atoms with Crippen molar-refractivity contribution < 1.29 is 14.3 Å². The van der Waals surface area contributed by atoms with Gasteiger partial charge in [0.15, 0.2) is 5.78 Å². The van der Waals surface area contributed by atoms with Crippen LogP contribution in [0.15, 0.2) is 35.2 Å². The largest absolute Gasteiger partial charge is 0.497 e. The number of fused-ring (bicyclic) bond motifs is 1. The van der Waals surface area contributed by atoms with Crippen molar-refractivity contribution in [2.75, 3.05) is 7.11 Å². The van der Waals surface area contributed by atoms with Gasteiger partial charge in [0.25, 0.3) is 0 Å². The van der Waals surface area contributed by atoms with Crippen molar-refractivity contribution >= 4 is 23.5 Å². The number of ketones is 1. The molecule has 23 heavy (non-hydrogen) atoms. The molecule has 0 spiro atoms. The predicted octanol–water partition coefficient (Wildman–Crippen LogP) is 2.15. The standard InChI is InChI=1S/C17H20N2O3S/c1-10(11-3-6-13(22-2)7-4-11)16(21)19-17-18-14-8-5-12(20)9-15(14)23-17/h3-4,6-7,9-10,14,17-18H,5,8H2,1-2H3,(H,19,21). The minimum absolute atomic E-state index is 0.0364. The van der Waals surface area contributed by atoms with Crippen LogP contribution in [0.5, 0.6) is 5.75 Å². The van der Waals surface area contributed by atoms with E-state index in [4.69, 9.17) is 4.74 Å². The van der Waals surface area contributed by atoms with Crippen molar-refractivity contribution in [3.05, 3.63) is 40.8 Å². The van der Waals surface area contributed by atoms with E-state index in [0.717, 1.165) is 22.6 Å². The normalized spacial score (nSPS) is 24.6. The molecule has 5 nitrogen and oxygen atoms in total. The Morgan fingerprint density at radius 3 is 2.83 bits per heavy atom. The molecule has 2 aliphatic rings. The van der Waals surface area contributed by atoms with Crippen LogP contribution in [0.4, 0.5) is 0 Å². The molecule has 1 amide bonds. The highest BCUT2D eigenvalue weighted by molar-refractivity contribution is 8.04. The molecule has 1 heterocycles. The number of methoxy groups -OCH3 is 1. The van der Waals surface area contributed by atoms with E-state index < -0.39 is 0 Å². The van der Waals surface area contributed by atoms with Crippen LogP contribution in [0.2, 0.25) is 0 Å². The number of carbonyl (C=O) groups is 2. The highest BCUT2D eigenvalue weighted by atomic mass is 32.2. The van der Waals surface area contributed by atoms with E-state index in [1.807, 2.05) is 31.2 Å². The molecule has 6 heteroatoms. The third kappa shape index (κ3) is 3.59. The summed E-state index contributed by atoms with van der Waals surface area (Å²) in [5, 5.41) is 6.37. The zero-order valence-corrected chi connectivity index (χ0v) is 14.0. The first-order valence-corrected chi connectivity index (χ1v) is 8.56. The molecule has 1 aromatic carbocycles. The van der Waals surface area contributed by atoms with Gasteiger partial charge in [0.2, 0.25) is 5.91 Å². The van der Waals surface area contributed by atoms with Crippen LogP contribution in [0, 0.1) is 0 Å². The number of hydrogen-bond acceptors (Lipinski definition) is 5. The van der Waals surface area contributed by atoms with Crippen molar-refractivity contribution in [3.8, 4) is 5.75 Å². The number of allylic oxidation sites excluding steroid dienone is 1. The summed E-state index contributed by atoms with van der Waals surface area (Å²) < 4.78 is 5.13. The lowest BCUT2D eigenvalue weighted by molar-refractivity contribution is -0.122. The molecule has 2 N–H and O–H groups in total. The number of carbonyl (C=O) groups excluding carboxylic acids is 2. The minimum Gasteiger partial charge on any atom is -0.497 e. The monoisotopic (exact) mass is 332 g/mol. The summed E-state index contributed by atoms with van der Waals surface area (Å²) in [4.78, 5) is 24.9. The van der Waals surface area contributed by atoms with Gasteiger partial charge in [0, 0.05) is 17.4 Å². The van der Waals surface area contributed by atoms with Gasteiger partial charge >= 0.3 is 0 Å². The highest BCUT2D eigenvalue weighted by Gasteiger charge is 2.33. The Hall–Kier alpha value is -1.79. The van der Waals surface area contributed by atoms with Crippen molar-refractivity contribution in [1.82, 2.24) is 10.6 Å². The Morgan fingerprint density at radius 1 is 1.39 bits per heavy atom. The van der Waals surface area contributed by atoms with Gasteiger partial charge in [-0.2, -0.15) is 0 Å². The van der Waals surface area contributed by atoms with E-state index in [9.17, 15) is 9.59 Å². The Balaban J connectivity index is 1.60. The molecule has 1 aromatic rings. The first kappa shape index (κ1) is 16.1. The highest BCUT2D eigenvalue weighted by Crippen LogP contribution is 2.35. The lowest BCUT2D eigenvalue weighted by atomic mass is 10.0. The van der Waals surface area contributed by atoms with E-state index in [0.29, 0.717) is 6.42 Å². The number of amides is 1. The summed E-state index contributed by atoms with van der Waals surface area (Å²) in [7, 11) is 1.62. The van der Waals surface area contributed by atoms with Gasteiger partial charge in [-0.3, -0.25) is 14.9 Å². The van der Waals surface area contributed by atoms with Crippen LogP contribution in [-0.4, -0.2) is 30.3 Å². The third-order valence-electron chi connectivity index (χ3n) is 4.22. The second kappa shape index (κ2) is 6.76. The van der Waals surface area contributed by atoms with Crippen molar-refractivity contribution in [3.63, 3.8) is 0 Å². The molecule has 0 radical (unpaired) electrons. The summed E-state index contributed by atoms with van der Waals surface area (Å²) in [6.45, 7) is 1.88. The molecule has 1 aliphatic carbocycles. The number of ether oxygens (including phenoxy) is 1. The number of benzene rings is 1. The average molecular weight is 332 g/mol. The van der Waals surface area contributed by atoms with Gasteiger partial charge in [-0.1, -0.05) is 23.9 Å². The summed E-state index contributed by atoms with van der Waals surface area (Å²) in [6, 6.07) is 7.71. The lowest BCUT2D eigenvalue weighted by Gasteiger charge is -2.18. The van der Waals surface area contributed by atoms with Crippen LogP contribution in [0.3, 0.4) is 0 Å². The zero-order chi connectivity index (χ0) is 16.4. The van der Waals surface area contributed by atoms with Crippen LogP contribution in [0.1, 0.15) is 31.2 Å². The number of rotatable bonds is 4. The maximum atomic E-state index is 12.4. The van der Waals surface area contributed by atoms with Gasteiger partial charge in [-0.15, -0.1) is 0 Å². The fourth-order valence-corrected chi connectivity index (χ4v) is 3.99. The van der Waals surface area contributed by atoms with Gasteiger partial charge in [-0.25, -0.2) is 0 Å². The van der Waals surface area contributed by atoms with Crippen LogP contribution >= 0.6 is 11.8 Å². The number of hydrogen-bond donors (Lipinski definition) is 2. The molecule has 1 fully saturated rings. The minimum atomic E-state index is -0.249. The van der Waals surface area contributed by atoms with Gasteiger partial charge < -0.3 is 10.1 Å².